The number of nitrogens with one attached hydrogen (secondary N) is 2. The van der Waals surface area contributed by atoms with E-state index in [1.807, 2.05) is 13.1 Å². The Labute approximate surface area is 130 Å². The van der Waals surface area contributed by atoms with Gasteiger partial charge in [-0.15, -0.1) is 0 Å². The summed E-state index contributed by atoms with van der Waals surface area (Å²) in [4.78, 5) is 11.8. The third-order valence-electron chi connectivity index (χ3n) is 3.48. The van der Waals surface area contributed by atoms with Gasteiger partial charge >= 0.3 is 0 Å². The Morgan fingerprint density at radius 1 is 1.41 bits per heavy atom. The summed E-state index contributed by atoms with van der Waals surface area (Å²) in [5, 5.41) is 10.6. The smallest absolute Gasteiger partial charge is 0.232 e. The number of aromatic nitrogens is 1. The van der Waals surface area contributed by atoms with Gasteiger partial charge in [-0.1, -0.05) is 19.8 Å². The van der Waals surface area contributed by atoms with Crippen molar-refractivity contribution in [1.82, 2.24) is 10.4 Å². The predicted octanol–water partition coefficient (Wildman–Crippen LogP) is 2.61. The predicted molar refractivity (Wildman–Crippen MR) is 91.4 cm³/mol. The van der Waals surface area contributed by atoms with E-state index in [2.05, 4.69) is 27.3 Å². The van der Waals surface area contributed by atoms with Crippen LogP contribution in [-0.2, 0) is 0 Å². The molecule has 0 aliphatic heterocycles. The van der Waals surface area contributed by atoms with Crippen molar-refractivity contribution in [3.8, 4) is 5.75 Å². The van der Waals surface area contributed by atoms with E-state index in [1.54, 1.807) is 18.3 Å². The second-order valence-electron chi connectivity index (χ2n) is 5.24. The van der Waals surface area contributed by atoms with Gasteiger partial charge in [-0.25, -0.2) is 10.8 Å². The molecule has 0 aliphatic rings. The normalized spacial score (nSPS) is 12.4. The number of nitrogens with zero attached hydrogens (tertiary/aromatic N) is 2. The molecule has 22 heavy (non-hydrogen) atoms. The summed E-state index contributed by atoms with van der Waals surface area (Å²) in [6.45, 7) is 4.80. The molecule has 0 unspecified atom stereocenters. The first-order chi connectivity index (χ1) is 10.7. The highest BCUT2D eigenvalue weighted by Crippen LogP contribution is 2.25. The molecule has 0 saturated heterocycles. The van der Waals surface area contributed by atoms with Crippen LogP contribution in [0.25, 0.3) is 10.9 Å². The quantitative estimate of drug-likeness (QED) is 0.224. The minimum absolute atomic E-state index is 0.240. The van der Waals surface area contributed by atoms with E-state index in [0.717, 1.165) is 41.3 Å². The lowest BCUT2D eigenvalue weighted by atomic mass is 10.1. The monoisotopic (exact) mass is 301 g/mol. The van der Waals surface area contributed by atoms with E-state index in [4.69, 9.17) is 5.84 Å². The van der Waals surface area contributed by atoms with Gasteiger partial charge in [0.25, 0.3) is 0 Å². The summed E-state index contributed by atoms with van der Waals surface area (Å²) in [6, 6.07) is 3.44. The number of hydrazine groups is 1. The molecule has 0 bridgehead atoms. The molecule has 0 saturated carbocycles. The average molecular weight is 301 g/mol. The maximum atomic E-state index is 9.73. The number of rotatable bonds is 5. The van der Waals surface area contributed by atoms with Crippen LogP contribution in [0, 0.1) is 6.92 Å². The Kier molecular flexibility index (Phi) is 5.55. The highest BCUT2D eigenvalue weighted by molar-refractivity contribution is 6.04. The summed E-state index contributed by atoms with van der Waals surface area (Å²) >= 11 is 0. The largest absolute Gasteiger partial charge is 0.508 e. The van der Waals surface area contributed by atoms with Crippen molar-refractivity contribution in [1.29, 1.82) is 0 Å². The Morgan fingerprint density at radius 3 is 2.95 bits per heavy atom. The zero-order valence-electron chi connectivity index (χ0n) is 13.1. The van der Waals surface area contributed by atoms with Gasteiger partial charge in [0.15, 0.2) is 0 Å². The Morgan fingerprint density at radius 2 is 2.23 bits per heavy atom. The zero-order chi connectivity index (χ0) is 15.9. The van der Waals surface area contributed by atoms with Gasteiger partial charge in [0.05, 0.1) is 0 Å². The lowest BCUT2D eigenvalue weighted by molar-refractivity contribution is 0.476. The number of aliphatic imine (C=N–C) groups is 2. The van der Waals surface area contributed by atoms with E-state index in [9.17, 15) is 5.11 Å². The third-order valence-corrected chi connectivity index (χ3v) is 3.48. The fourth-order valence-electron chi connectivity index (χ4n) is 2.32. The highest BCUT2D eigenvalue weighted by atomic mass is 16.3. The van der Waals surface area contributed by atoms with Crippen LogP contribution in [0.15, 0.2) is 28.3 Å². The molecule has 1 aromatic carbocycles. The van der Waals surface area contributed by atoms with Gasteiger partial charge in [-0.2, -0.15) is 0 Å². The number of hydrogen-bond acceptors (Lipinski definition) is 3. The number of benzene rings is 1. The van der Waals surface area contributed by atoms with Gasteiger partial charge in [0.2, 0.25) is 5.96 Å². The summed E-state index contributed by atoms with van der Waals surface area (Å²) in [6.07, 6.45) is 6.87. The van der Waals surface area contributed by atoms with Gasteiger partial charge < -0.3 is 10.1 Å². The first-order valence-electron chi connectivity index (χ1n) is 7.51. The molecule has 0 fully saturated rings. The minimum Gasteiger partial charge on any atom is -0.508 e. The number of phenols is 1. The lowest BCUT2D eigenvalue weighted by Gasteiger charge is -2.00. The molecule has 5 N–H and O–H groups in total. The molecule has 118 valence electrons. The summed E-state index contributed by atoms with van der Waals surface area (Å²) in [5.74, 6) is 6.09. The average Bonchev–Trinajstić information content (AvgIpc) is 2.90. The number of unbranched alkanes of at least 4 members (excludes halogenated alkanes) is 2. The number of fused-ring (bicyclic) bond motifs is 1. The molecular weight excluding hydrogens is 278 g/mol. The van der Waals surface area contributed by atoms with Crippen LogP contribution in [0.4, 0.5) is 0 Å². The maximum absolute atomic E-state index is 9.73. The molecule has 0 atom stereocenters. The van der Waals surface area contributed by atoms with Crippen molar-refractivity contribution >= 4 is 23.1 Å². The lowest BCUT2D eigenvalue weighted by Crippen LogP contribution is -2.29. The van der Waals surface area contributed by atoms with E-state index in [0.29, 0.717) is 12.5 Å². The number of phenolic OH excluding ortho intramolecular Hbond substituents is 1. The third kappa shape index (κ3) is 3.85. The standard InChI is InChI=1S/C16H23N5O/c1-3-4-5-6-18-16(21-17)20-10-12-9-19-15-11(2)7-13(22)8-14(12)15/h7-10,19,22H,3-6,17H2,1-2H3,(H,18,21)/b20-10+. The molecule has 1 aromatic heterocycles. The zero-order valence-corrected chi connectivity index (χ0v) is 13.1. The second-order valence-corrected chi connectivity index (χ2v) is 5.24. The summed E-state index contributed by atoms with van der Waals surface area (Å²) in [7, 11) is 0. The second kappa shape index (κ2) is 7.61. The number of hydrogen-bond donors (Lipinski definition) is 4. The van der Waals surface area contributed by atoms with Crippen molar-refractivity contribution in [2.24, 2.45) is 15.8 Å². The summed E-state index contributed by atoms with van der Waals surface area (Å²) < 4.78 is 0. The van der Waals surface area contributed by atoms with Crippen molar-refractivity contribution < 1.29 is 5.11 Å². The van der Waals surface area contributed by atoms with Crippen LogP contribution in [0.1, 0.15) is 37.3 Å². The molecule has 6 nitrogen and oxygen atoms in total. The number of aryl methyl sites for hydroxylation is 1. The maximum Gasteiger partial charge on any atom is 0.232 e. The van der Waals surface area contributed by atoms with Crippen LogP contribution in [0.3, 0.4) is 0 Å². The van der Waals surface area contributed by atoms with Crippen molar-refractivity contribution in [2.75, 3.05) is 6.54 Å². The molecule has 0 radical (unpaired) electrons. The van der Waals surface area contributed by atoms with Crippen LogP contribution in [0.2, 0.25) is 0 Å². The number of aromatic amines is 1. The molecule has 0 aliphatic carbocycles. The number of H-pyrrole nitrogens is 1. The van der Waals surface area contributed by atoms with Gasteiger partial charge in [-0.05, 0) is 31.0 Å². The fourth-order valence-corrected chi connectivity index (χ4v) is 2.32. The number of aromatic hydroxyl groups is 1. The Bertz CT molecular complexity index is 687. The first-order valence-corrected chi connectivity index (χ1v) is 7.51. The molecule has 0 amide bonds. The van der Waals surface area contributed by atoms with E-state index >= 15 is 0 Å². The first kappa shape index (κ1) is 16.0. The van der Waals surface area contributed by atoms with Crippen molar-refractivity contribution in [2.45, 2.75) is 33.1 Å². The summed E-state index contributed by atoms with van der Waals surface area (Å²) in [5.41, 5.74) is 5.36. The molecular formula is C16H23N5O. The van der Waals surface area contributed by atoms with Crippen LogP contribution in [-0.4, -0.2) is 28.8 Å². The topological polar surface area (TPSA) is 98.8 Å². The van der Waals surface area contributed by atoms with E-state index in [1.165, 1.54) is 0 Å². The molecule has 0 spiro atoms. The van der Waals surface area contributed by atoms with Crippen molar-refractivity contribution in [3.05, 3.63) is 29.5 Å². The van der Waals surface area contributed by atoms with Crippen LogP contribution < -0.4 is 11.3 Å². The highest BCUT2D eigenvalue weighted by Gasteiger charge is 2.06. The van der Waals surface area contributed by atoms with E-state index in [-0.39, 0.29) is 5.75 Å². The van der Waals surface area contributed by atoms with Gasteiger partial charge in [0.1, 0.15) is 5.75 Å². The van der Waals surface area contributed by atoms with Gasteiger partial charge in [-0.3, -0.25) is 10.4 Å². The Balaban J connectivity index is 2.18. The molecule has 1 heterocycles. The molecule has 6 heteroatoms. The fraction of sp³-hybridized carbons (Fsp3) is 0.375. The van der Waals surface area contributed by atoms with E-state index < -0.39 is 0 Å². The van der Waals surface area contributed by atoms with Gasteiger partial charge in [0, 0.05) is 35.4 Å². The number of nitrogens with two attached hydrogens (primary N) is 1. The molecule has 2 rings (SSSR count). The Hall–Kier alpha value is -2.34. The molecule has 2 aromatic rings. The number of guanidine groups is 1. The van der Waals surface area contributed by atoms with Crippen molar-refractivity contribution in [3.63, 3.8) is 0 Å². The van der Waals surface area contributed by atoms with Crippen LogP contribution in [0.5, 0.6) is 5.75 Å². The van der Waals surface area contributed by atoms with Crippen LogP contribution >= 0.6 is 0 Å². The minimum atomic E-state index is 0.240. The SMILES string of the molecule is CCCCCN=C(/N=C/c1c[nH]c2c(C)cc(O)cc12)NN.